The zero-order valence-electron chi connectivity index (χ0n) is 12.2. The van der Waals surface area contributed by atoms with Crippen molar-refractivity contribution in [3.63, 3.8) is 0 Å². The first-order valence-corrected chi connectivity index (χ1v) is 7.28. The van der Waals surface area contributed by atoms with E-state index in [1.165, 1.54) is 0 Å². The summed E-state index contributed by atoms with van der Waals surface area (Å²) < 4.78 is 17.3. The maximum absolute atomic E-state index is 11.7. The minimum absolute atomic E-state index is 0.281. The van der Waals surface area contributed by atoms with Gasteiger partial charge in [0.15, 0.2) is 12.4 Å². The highest BCUT2D eigenvalue weighted by atomic mass is 16.7. The molecular formula is C15H20N2O5. The van der Waals surface area contributed by atoms with Crippen LogP contribution in [0.4, 0.5) is 0 Å². The van der Waals surface area contributed by atoms with Gasteiger partial charge >= 0.3 is 0 Å². The van der Waals surface area contributed by atoms with E-state index in [2.05, 4.69) is 0 Å². The minimum atomic E-state index is -1.01. The summed E-state index contributed by atoms with van der Waals surface area (Å²) in [4.78, 5) is 11.7. The Labute approximate surface area is 128 Å². The van der Waals surface area contributed by atoms with Crippen molar-refractivity contribution in [3.05, 3.63) is 35.9 Å². The van der Waals surface area contributed by atoms with Gasteiger partial charge in [-0.05, 0) is 0 Å². The molecule has 1 amide bonds. The summed E-state index contributed by atoms with van der Waals surface area (Å²) in [6.45, 7) is 2.12. The molecule has 0 aromatic heterocycles. The third kappa shape index (κ3) is 2.73. The zero-order chi connectivity index (χ0) is 15.7. The van der Waals surface area contributed by atoms with Gasteiger partial charge in [0.2, 0.25) is 0 Å². The molecule has 1 aromatic carbocycles. The smallest absolute Gasteiger partial charge is 0.265 e. The van der Waals surface area contributed by atoms with Crippen LogP contribution in [0.2, 0.25) is 0 Å². The van der Waals surface area contributed by atoms with Gasteiger partial charge in [0.25, 0.3) is 5.91 Å². The minimum Gasteiger partial charge on any atom is -0.389 e. The van der Waals surface area contributed by atoms with Crippen molar-refractivity contribution < 1.29 is 24.1 Å². The van der Waals surface area contributed by atoms with Crippen LogP contribution in [-0.2, 0) is 19.0 Å². The lowest BCUT2D eigenvalue weighted by Gasteiger charge is -2.46. The number of hydrogen-bond donors (Lipinski definition) is 3. The number of aliphatic hydroxyl groups is 1. The molecule has 22 heavy (non-hydrogen) atoms. The summed E-state index contributed by atoms with van der Waals surface area (Å²) in [6.07, 6.45) is -3.27. The van der Waals surface area contributed by atoms with Gasteiger partial charge in [0.1, 0.15) is 6.10 Å². The number of hydrazine groups is 1. The summed E-state index contributed by atoms with van der Waals surface area (Å²) in [5.74, 6) is 4.29. The lowest BCUT2D eigenvalue weighted by molar-refractivity contribution is -0.313. The van der Waals surface area contributed by atoms with Crippen LogP contribution < -0.4 is 11.3 Å². The number of amides is 1. The number of nitrogens with one attached hydrogen (secondary N) is 1. The third-order valence-corrected chi connectivity index (χ3v) is 4.22. The van der Waals surface area contributed by atoms with Crippen molar-refractivity contribution in [2.24, 2.45) is 11.8 Å². The zero-order valence-corrected chi connectivity index (χ0v) is 12.2. The Morgan fingerprint density at radius 1 is 1.32 bits per heavy atom. The van der Waals surface area contributed by atoms with E-state index in [9.17, 15) is 9.90 Å². The summed E-state index contributed by atoms with van der Waals surface area (Å²) in [5.41, 5.74) is 2.92. The number of carbonyl (C=O) groups is 1. The Morgan fingerprint density at radius 2 is 2.05 bits per heavy atom. The van der Waals surface area contributed by atoms with Crippen LogP contribution in [0.1, 0.15) is 18.8 Å². The number of carbonyl (C=O) groups excluding carboxylic acids is 1. The normalized spacial score (nSPS) is 38.1. The molecule has 4 N–H and O–H groups in total. The van der Waals surface area contributed by atoms with E-state index in [0.29, 0.717) is 0 Å². The molecular weight excluding hydrogens is 288 g/mol. The van der Waals surface area contributed by atoms with E-state index in [0.717, 1.165) is 5.56 Å². The second-order valence-electron chi connectivity index (χ2n) is 5.63. The van der Waals surface area contributed by atoms with E-state index in [-0.39, 0.29) is 18.6 Å². The number of benzene rings is 1. The highest BCUT2D eigenvalue weighted by molar-refractivity contribution is 5.81. The maximum Gasteiger partial charge on any atom is 0.265 e. The highest BCUT2D eigenvalue weighted by Gasteiger charge is 2.49. The molecule has 0 aliphatic carbocycles. The average molecular weight is 308 g/mol. The van der Waals surface area contributed by atoms with Gasteiger partial charge in [-0.3, -0.25) is 10.2 Å². The molecule has 2 saturated heterocycles. The van der Waals surface area contributed by atoms with Crippen LogP contribution >= 0.6 is 0 Å². The predicted molar refractivity (Wildman–Crippen MR) is 76.2 cm³/mol. The molecule has 6 atom stereocenters. The molecule has 7 heteroatoms. The van der Waals surface area contributed by atoms with Crippen LogP contribution in [0.15, 0.2) is 30.3 Å². The molecule has 2 aliphatic heterocycles. The Bertz CT molecular complexity index is 524. The van der Waals surface area contributed by atoms with Crippen molar-refractivity contribution >= 4 is 5.91 Å². The SMILES string of the molecule is CC1C(O)[C@H](C(=O)NN)OC2COC(c3ccccc3)O[C@@H]21. The summed E-state index contributed by atoms with van der Waals surface area (Å²) in [7, 11) is 0. The molecule has 2 heterocycles. The van der Waals surface area contributed by atoms with Crippen molar-refractivity contribution in [2.45, 2.75) is 37.6 Å². The first-order chi connectivity index (χ1) is 10.6. The van der Waals surface area contributed by atoms with Crippen molar-refractivity contribution in [3.8, 4) is 0 Å². The fraction of sp³-hybridized carbons (Fsp3) is 0.533. The first kappa shape index (κ1) is 15.4. The summed E-state index contributed by atoms with van der Waals surface area (Å²) in [6, 6.07) is 9.57. The van der Waals surface area contributed by atoms with Gasteiger partial charge in [0.05, 0.1) is 18.8 Å². The lowest BCUT2D eigenvalue weighted by Crippen LogP contribution is -2.62. The lowest BCUT2D eigenvalue weighted by atomic mass is 9.86. The molecule has 4 unspecified atom stereocenters. The molecule has 0 saturated carbocycles. The predicted octanol–water partition coefficient (Wildman–Crippen LogP) is -0.145. The summed E-state index contributed by atoms with van der Waals surface area (Å²) >= 11 is 0. The number of ether oxygens (including phenoxy) is 3. The van der Waals surface area contributed by atoms with Gasteiger partial charge in [-0.1, -0.05) is 37.3 Å². The Hall–Kier alpha value is -1.51. The van der Waals surface area contributed by atoms with E-state index < -0.39 is 30.5 Å². The van der Waals surface area contributed by atoms with Gasteiger partial charge in [-0.15, -0.1) is 0 Å². The van der Waals surface area contributed by atoms with Crippen LogP contribution in [0.25, 0.3) is 0 Å². The monoisotopic (exact) mass is 308 g/mol. The topological polar surface area (TPSA) is 103 Å². The second-order valence-corrected chi connectivity index (χ2v) is 5.63. The molecule has 0 spiro atoms. The van der Waals surface area contributed by atoms with Crippen molar-refractivity contribution in [2.75, 3.05) is 6.61 Å². The van der Waals surface area contributed by atoms with Crippen molar-refractivity contribution in [1.29, 1.82) is 0 Å². The average Bonchev–Trinajstić information content (AvgIpc) is 2.58. The standard InChI is InChI=1S/C15H20N2O5/c1-8-11(18)13(14(19)17-16)21-10-7-20-15(22-12(8)10)9-5-3-2-4-6-9/h2-6,8,10-13,15,18H,7,16H2,1H3,(H,17,19)/t8?,10?,11?,12-,13-,15?/m1/s1. The van der Waals surface area contributed by atoms with Crippen LogP contribution in [0.5, 0.6) is 0 Å². The van der Waals surface area contributed by atoms with Gasteiger partial charge in [0, 0.05) is 11.5 Å². The number of hydrogen-bond acceptors (Lipinski definition) is 6. The molecule has 120 valence electrons. The largest absolute Gasteiger partial charge is 0.389 e. The molecule has 0 radical (unpaired) electrons. The molecule has 2 aliphatic rings. The molecule has 1 aromatic rings. The Kier molecular flexibility index (Phi) is 4.42. The number of aliphatic hydroxyl groups excluding tert-OH is 1. The molecule has 0 bridgehead atoms. The number of nitrogens with two attached hydrogens (primary N) is 1. The first-order valence-electron chi connectivity index (χ1n) is 7.28. The van der Waals surface area contributed by atoms with Crippen LogP contribution in [0, 0.1) is 5.92 Å². The third-order valence-electron chi connectivity index (χ3n) is 4.22. The number of fused-ring (bicyclic) bond motifs is 1. The van der Waals surface area contributed by atoms with Crippen LogP contribution in [0.3, 0.4) is 0 Å². The van der Waals surface area contributed by atoms with Crippen molar-refractivity contribution in [1.82, 2.24) is 5.43 Å². The van der Waals surface area contributed by atoms with Crippen LogP contribution in [-0.4, -0.2) is 42.0 Å². The van der Waals surface area contributed by atoms with Gasteiger partial charge in [-0.25, -0.2) is 5.84 Å². The molecule has 7 nitrogen and oxygen atoms in total. The Morgan fingerprint density at radius 3 is 2.73 bits per heavy atom. The summed E-state index contributed by atoms with van der Waals surface area (Å²) in [5, 5.41) is 10.3. The molecule has 3 rings (SSSR count). The molecule has 2 fully saturated rings. The maximum atomic E-state index is 11.7. The van der Waals surface area contributed by atoms with E-state index in [1.807, 2.05) is 42.7 Å². The fourth-order valence-corrected chi connectivity index (χ4v) is 2.95. The van der Waals surface area contributed by atoms with Gasteiger partial charge < -0.3 is 19.3 Å². The second kappa shape index (κ2) is 6.31. The highest BCUT2D eigenvalue weighted by Crippen LogP contribution is 2.36. The number of rotatable bonds is 2. The van der Waals surface area contributed by atoms with Gasteiger partial charge in [-0.2, -0.15) is 0 Å². The van der Waals surface area contributed by atoms with E-state index in [1.54, 1.807) is 0 Å². The Balaban J connectivity index is 1.74. The van der Waals surface area contributed by atoms with E-state index >= 15 is 0 Å². The van der Waals surface area contributed by atoms with E-state index in [4.69, 9.17) is 20.1 Å². The fourth-order valence-electron chi connectivity index (χ4n) is 2.95. The quantitative estimate of drug-likeness (QED) is 0.399.